The molecule has 4 aromatic rings. The minimum Gasteiger partial charge on any atom is -0.392 e. The lowest BCUT2D eigenvalue weighted by Gasteiger charge is -2.29. The average molecular weight is 353 g/mol. The number of rotatable bonds is 3. The van der Waals surface area contributed by atoms with Gasteiger partial charge in [0.05, 0.1) is 12.1 Å². The molecule has 1 aliphatic rings. The lowest BCUT2D eigenvalue weighted by Crippen LogP contribution is -2.28. The average Bonchev–Trinajstić information content (AvgIpc) is 3.14. The molecular weight excluding hydrogens is 330 g/mol. The van der Waals surface area contributed by atoms with Crippen molar-refractivity contribution in [3.8, 4) is 0 Å². The molecule has 5 rings (SSSR count). The fraction of sp³-hybridized carbons (Fsp3) is 0.200. The summed E-state index contributed by atoms with van der Waals surface area (Å²) < 4.78 is 0. The summed E-state index contributed by atoms with van der Waals surface area (Å²) >= 11 is 0. The van der Waals surface area contributed by atoms with Gasteiger partial charge in [0, 0.05) is 13.1 Å². The summed E-state index contributed by atoms with van der Waals surface area (Å²) in [5.74, 6) is 0. The summed E-state index contributed by atoms with van der Waals surface area (Å²) in [5.41, 5.74) is 2.58. The summed E-state index contributed by atoms with van der Waals surface area (Å²) in [7, 11) is 0. The number of aliphatic hydroxyl groups excluding tert-OH is 1. The zero-order valence-corrected chi connectivity index (χ0v) is 15.3. The van der Waals surface area contributed by atoms with Gasteiger partial charge in [-0.05, 0) is 51.2 Å². The SMILES string of the molecule is OC1CCN(C(c2ccc3ccccc3c2)c2ccc3ccccc3c2)C1. The quantitative estimate of drug-likeness (QED) is 0.551. The first-order valence-corrected chi connectivity index (χ1v) is 9.67. The van der Waals surface area contributed by atoms with Crippen LogP contribution in [0.5, 0.6) is 0 Å². The molecule has 0 aliphatic carbocycles. The molecule has 1 N–H and O–H groups in total. The molecular formula is C25H23NO. The number of fused-ring (bicyclic) bond motifs is 2. The number of aliphatic hydroxyl groups is 1. The van der Waals surface area contributed by atoms with E-state index in [4.69, 9.17) is 0 Å². The summed E-state index contributed by atoms with van der Waals surface area (Å²) in [6.45, 7) is 1.65. The maximum absolute atomic E-state index is 10.1. The van der Waals surface area contributed by atoms with Crippen molar-refractivity contribution in [1.82, 2.24) is 4.90 Å². The van der Waals surface area contributed by atoms with Gasteiger partial charge in [0.2, 0.25) is 0 Å². The minimum absolute atomic E-state index is 0.163. The lowest BCUT2D eigenvalue weighted by atomic mass is 9.93. The van der Waals surface area contributed by atoms with Crippen LogP contribution in [0.4, 0.5) is 0 Å². The molecule has 4 aromatic carbocycles. The van der Waals surface area contributed by atoms with E-state index in [0.717, 1.165) is 19.5 Å². The summed E-state index contributed by atoms with van der Waals surface area (Å²) in [6, 6.07) is 30.7. The van der Waals surface area contributed by atoms with Gasteiger partial charge in [0.25, 0.3) is 0 Å². The number of nitrogens with zero attached hydrogens (tertiary/aromatic N) is 1. The Balaban J connectivity index is 1.65. The van der Waals surface area contributed by atoms with E-state index in [1.165, 1.54) is 32.7 Å². The molecule has 27 heavy (non-hydrogen) atoms. The van der Waals surface area contributed by atoms with E-state index < -0.39 is 0 Å². The van der Waals surface area contributed by atoms with Crippen molar-refractivity contribution in [3.05, 3.63) is 96.1 Å². The molecule has 0 spiro atoms. The van der Waals surface area contributed by atoms with Crippen LogP contribution in [-0.2, 0) is 0 Å². The standard InChI is InChI=1S/C25H23NO/c27-24-13-14-26(17-24)25(22-11-9-18-5-1-3-7-20(18)15-22)23-12-10-19-6-2-4-8-21(19)16-23/h1-12,15-16,24-25,27H,13-14,17H2. The fourth-order valence-electron chi connectivity index (χ4n) is 4.37. The van der Waals surface area contributed by atoms with Gasteiger partial charge in [-0.3, -0.25) is 4.90 Å². The molecule has 0 radical (unpaired) electrons. The highest BCUT2D eigenvalue weighted by molar-refractivity contribution is 5.84. The molecule has 0 aromatic heterocycles. The van der Waals surface area contributed by atoms with E-state index in [0.29, 0.717) is 0 Å². The maximum Gasteiger partial charge on any atom is 0.0679 e. The Morgan fingerprint density at radius 1 is 0.704 bits per heavy atom. The Labute approximate surface area is 159 Å². The van der Waals surface area contributed by atoms with E-state index in [9.17, 15) is 5.11 Å². The first-order valence-electron chi connectivity index (χ1n) is 9.67. The van der Waals surface area contributed by atoms with Gasteiger partial charge in [-0.25, -0.2) is 0 Å². The lowest BCUT2D eigenvalue weighted by molar-refractivity contribution is 0.167. The van der Waals surface area contributed by atoms with Crippen molar-refractivity contribution in [2.75, 3.05) is 13.1 Å². The predicted molar refractivity (Wildman–Crippen MR) is 112 cm³/mol. The molecule has 1 saturated heterocycles. The molecule has 0 bridgehead atoms. The fourth-order valence-corrected chi connectivity index (χ4v) is 4.37. The summed E-state index contributed by atoms with van der Waals surface area (Å²) in [6.07, 6.45) is 0.617. The van der Waals surface area contributed by atoms with Crippen LogP contribution in [0.3, 0.4) is 0 Å². The van der Waals surface area contributed by atoms with E-state index in [2.05, 4.69) is 89.8 Å². The smallest absolute Gasteiger partial charge is 0.0679 e. The second-order valence-corrected chi connectivity index (χ2v) is 7.55. The highest BCUT2D eigenvalue weighted by Crippen LogP contribution is 2.34. The second kappa shape index (κ2) is 6.80. The monoisotopic (exact) mass is 353 g/mol. The van der Waals surface area contributed by atoms with E-state index >= 15 is 0 Å². The third-order valence-corrected chi connectivity index (χ3v) is 5.74. The number of β-amino-alcohol motifs (C(OH)–C–C–N with tert-alkyl or cyclic N) is 1. The molecule has 1 fully saturated rings. The van der Waals surface area contributed by atoms with Crippen LogP contribution in [0.25, 0.3) is 21.5 Å². The van der Waals surface area contributed by atoms with Gasteiger partial charge in [-0.2, -0.15) is 0 Å². The zero-order chi connectivity index (χ0) is 18.2. The largest absolute Gasteiger partial charge is 0.392 e. The van der Waals surface area contributed by atoms with Crippen molar-refractivity contribution in [2.24, 2.45) is 0 Å². The maximum atomic E-state index is 10.1. The third kappa shape index (κ3) is 3.12. The van der Waals surface area contributed by atoms with Crippen molar-refractivity contribution in [1.29, 1.82) is 0 Å². The summed E-state index contributed by atoms with van der Waals surface area (Å²) in [4.78, 5) is 2.42. The van der Waals surface area contributed by atoms with E-state index in [-0.39, 0.29) is 12.1 Å². The van der Waals surface area contributed by atoms with E-state index in [1.807, 2.05) is 0 Å². The minimum atomic E-state index is -0.228. The first kappa shape index (κ1) is 16.5. The third-order valence-electron chi connectivity index (χ3n) is 5.74. The molecule has 1 atom stereocenters. The molecule has 2 heteroatoms. The molecule has 134 valence electrons. The number of benzene rings is 4. The molecule has 1 heterocycles. The van der Waals surface area contributed by atoms with Crippen LogP contribution in [-0.4, -0.2) is 29.2 Å². The molecule has 0 amide bonds. The van der Waals surface area contributed by atoms with E-state index in [1.54, 1.807) is 0 Å². The number of hydrogen-bond acceptors (Lipinski definition) is 2. The molecule has 1 aliphatic heterocycles. The van der Waals surface area contributed by atoms with Crippen LogP contribution >= 0.6 is 0 Å². The highest BCUT2D eigenvalue weighted by atomic mass is 16.3. The van der Waals surface area contributed by atoms with Crippen LogP contribution in [0.1, 0.15) is 23.6 Å². The van der Waals surface area contributed by atoms with Crippen LogP contribution < -0.4 is 0 Å². The van der Waals surface area contributed by atoms with Crippen molar-refractivity contribution < 1.29 is 5.11 Å². The Morgan fingerprint density at radius 3 is 1.70 bits per heavy atom. The Kier molecular flexibility index (Phi) is 4.16. The topological polar surface area (TPSA) is 23.5 Å². The number of hydrogen-bond donors (Lipinski definition) is 1. The van der Waals surface area contributed by atoms with Crippen molar-refractivity contribution in [3.63, 3.8) is 0 Å². The molecule has 0 saturated carbocycles. The highest BCUT2D eigenvalue weighted by Gasteiger charge is 2.29. The normalized spacial score (nSPS) is 17.9. The Morgan fingerprint density at radius 2 is 1.22 bits per heavy atom. The van der Waals surface area contributed by atoms with Crippen LogP contribution in [0, 0.1) is 0 Å². The van der Waals surface area contributed by atoms with Crippen molar-refractivity contribution >= 4 is 21.5 Å². The first-order chi connectivity index (χ1) is 13.3. The predicted octanol–water partition coefficient (Wildman–Crippen LogP) is 5.15. The number of likely N-dealkylation sites (tertiary alicyclic amines) is 1. The van der Waals surface area contributed by atoms with Gasteiger partial charge in [0.15, 0.2) is 0 Å². The second-order valence-electron chi connectivity index (χ2n) is 7.55. The Hall–Kier alpha value is -2.68. The van der Waals surface area contributed by atoms with Gasteiger partial charge >= 0.3 is 0 Å². The van der Waals surface area contributed by atoms with Gasteiger partial charge in [-0.1, -0.05) is 72.8 Å². The molecule has 1 unspecified atom stereocenters. The molecule has 2 nitrogen and oxygen atoms in total. The van der Waals surface area contributed by atoms with Gasteiger partial charge in [0.1, 0.15) is 0 Å². The van der Waals surface area contributed by atoms with Crippen molar-refractivity contribution in [2.45, 2.75) is 18.6 Å². The van der Waals surface area contributed by atoms with Crippen LogP contribution in [0.2, 0.25) is 0 Å². The van der Waals surface area contributed by atoms with Gasteiger partial charge in [-0.15, -0.1) is 0 Å². The van der Waals surface area contributed by atoms with Gasteiger partial charge < -0.3 is 5.11 Å². The Bertz CT molecular complexity index is 1020. The van der Waals surface area contributed by atoms with Crippen LogP contribution in [0.15, 0.2) is 84.9 Å². The zero-order valence-electron chi connectivity index (χ0n) is 15.3. The summed E-state index contributed by atoms with van der Waals surface area (Å²) in [5, 5.41) is 15.2.